The number of hydrogen-bond donors (Lipinski definition) is 0. The SMILES string of the molecule is Cn1c(C(=O)c2cn(CCCCN3CCOCC3)c3c(F)cccc23)nc2ccc(F)cc21. The number of ketones is 1. The van der Waals surface area contributed by atoms with Crippen molar-refractivity contribution in [1.82, 2.24) is 19.0 Å². The summed E-state index contributed by atoms with van der Waals surface area (Å²) in [7, 11) is 1.69. The number of carbonyl (C=O) groups is 1. The van der Waals surface area contributed by atoms with Crippen molar-refractivity contribution in [2.45, 2.75) is 19.4 Å². The molecule has 0 radical (unpaired) electrons. The predicted molar refractivity (Wildman–Crippen MR) is 122 cm³/mol. The number of hydrogen-bond acceptors (Lipinski definition) is 4. The number of ether oxygens (including phenoxy) is 1. The molecule has 8 heteroatoms. The number of carbonyl (C=O) groups excluding carboxylic acids is 1. The maximum Gasteiger partial charge on any atom is 0.230 e. The first kappa shape index (κ1) is 21.7. The van der Waals surface area contributed by atoms with Crippen LogP contribution in [0.4, 0.5) is 8.78 Å². The summed E-state index contributed by atoms with van der Waals surface area (Å²) in [6.07, 6.45) is 3.58. The van der Waals surface area contributed by atoms with Gasteiger partial charge in [0, 0.05) is 38.3 Å². The van der Waals surface area contributed by atoms with Crippen LogP contribution in [0.5, 0.6) is 0 Å². The standard InChI is InChI=1S/C25H26F2N4O2/c1-29-22-15-17(26)7-8-21(22)28-25(29)24(32)19-16-31(23-18(19)5-4-6-20(23)27)10-3-2-9-30-11-13-33-14-12-30/h4-8,15-16H,2-3,9-14H2,1H3. The van der Waals surface area contributed by atoms with Gasteiger partial charge < -0.3 is 13.9 Å². The zero-order valence-electron chi connectivity index (χ0n) is 18.6. The summed E-state index contributed by atoms with van der Waals surface area (Å²) < 4.78 is 37.3. The molecular formula is C25H26F2N4O2. The van der Waals surface area contributed by atoms with Gasteiger partial charge in [-0.25, -0.2) is 13.8 Å². The molecule has 2 aromatic heterocycles. The number of morpholine rings is 1. The van der Waals surface area contributed by atoms with Crippen LogP contribution in [0.15, 0.2) is 42.6 Å². The Morgan fingerprint density at radius 1 is 1.09 bits per heavy atom. The van der Waals surface area contributed by atoms with Crippen molar-refractivity contribution in [2.75, 3.05) is 32.8 Å². The van der Waals surface area contributed by atoms with Crippen LogP contribution in [-0.2, 0) is 18.3 Å². The zero-order valence-corrected chi connectivity index (χ0v) is 18.6. The Balaban J connectivity index is 1.42. The summed E-state index contributed by atoms with van der Waals surface area (Å²) in [5.74, 6) is -0.852. The number of fused-ring (bicyclic) bond motifs is 2. The molecule has 4 aromatic rings. The fraction of sp³-hybridized carbons (Fsp3) is 0.360. The molecule has 1 aliphatic heterocycles. The fourth-order valence-electron chi connectivity index (χ4n) is 4.60. The van der Waals surface area contributed by atoms with E-state index in [4.69, 9.17) is 4.74 Å². The summed E-state index contributed by atoms with van der Waals surface area (Å²) in [6, 6.07) is 9.02. The van der Waals surface area contributed by atoms with Crippen LogP contribution in [0, 0.1) is 11.6 Å². The number of benzene rings is 2. The van der Waals surface area contributed by atoms with E-state index < -0.39 is 0 Å². The molecule has 1 fully saturated rings. The second-order valence-corrected chi connectivity index (χ2v) is 8.49. The van der Waals surface area contributed by atoms with E-state index >= 15 is 0 Å². The minimum atomic E-state index is -0.389. The van der Waals surface area contributed by atoms with Crippen LogP contribution < -0.4 is 0 Å². The Labute approximate surface area is 190 Å². The van der Waals surface area contributed by atoms with Gasteiger partial charge in [0.2, 0.25) is 5.78 Å². The topological polar surface area (TPSA) is 52.3 Å². The summed E-state index contributed by atoms with van der Waals surface area (Å²) in [5, 5.41) is 0.561. The Bertz CT molecular complexity index is 1320. The van der Waals surface area contributed by atoms with Gasteiger partial charge in [0.1, 0.15) is 11.6 Å². The third-order valence-corrected chi connectivity index (χ3v) is 6.37. The third-order valence-electron chi connectivity index (χ3n) is 6.37. The number of imidazole rings is 1. The van der Waals surface area contributed by atoms with Crippen molar-refractivity contribution in [1.29, 1.82) is 0 Å². The second kappa shape index (κ2) is 9.03. The molecule has 0 N–H and O–H groups in total. The smallest absolute Gasteiger partial charge is 0.230 e. The molecule has 0 amide bonds. The molecule has 2 aromatic carbocycles. The van der Waals surface area contributed by atoms with Crippen LogP contribution in [0.2, 0.25) is 0 Å². The number of nitrogens with zero attached hydrogens (tertiary/aromatic N) is 4. The van der Waals surface area contributed by atoms with Crippen LogP contribution >= 0.6 is 0 Å². The fourth-order valence-corrected chi connectivity index (χ4v) is 4.60. The lowest BCUT2D eigenvalue weighted by Gasteiger charge is -2.26. The molecule has 33 heavy (non-hydrogen) atoms. The van der Waals surface area contributed by atoms with Crippen LogP contribution in [0.3, 0.4) is 0 Å². The van der Waals surface area contributed by atoms with Crippen molar-refractivity contribution in [2.24, 2.45) is 7.05 Å². The van der Waals surface area contributed by atoms with Gasteiger partial charge in [0.15, 0.2) is 5.82 Å². The van der Waals surface area contributed by atoms with Gasteiger partial charge in [-0.05, 0) is 43.7 Å². The van der Waals surface area contributed by atoms with Gasteiger partial charge >= 0.3 is 0 Å². The van der Waals surface area contributed by atoms with E-state index in [1.807, 2.05) is 4.57 Å². The molecule has 5 rings (SSSR count). The molecule has 0 atom stereocenters. The molecule has 3 heterocycles. The highest BCUT2D eigenvalue weighted by Gasteiger charge is 2.23. The molecule has 1 saturated heterocycles. The number of para-hydroxylation sites is 1. The highest BCUT2D eigenvalue weighted by Crippen LogP contribution is 2.27. The highest BCUT2D eigenvalue weighted by atomic mass is 19.1. The molecule has 1 aliphatic rings. The molecule has 0 aliphatic carbocycles. The maximum absolute atomic E-state index is 14.8. The van der Waals surface area contributed by atoms with E-state index in [1.54, 1.807) is 36.0 Å². The quantitative estimate of drug-likeness (QED) is 0.312. The lowest BCUT2D eigenvalue weighted by molar-refractivity contribution is 0.0371. The largest absolute Gasteiger partial charge is 0.379 e. The third kappa shape index (κ3) is 4.16. The van der Waals surface area contributed by atoms with Gasteiger partial charge in [-0.15, -0.1) is 0 Å². The van der Waals surface area contributed by atoms with Gasteiger partial charge in [0.05, 0.1) is 35.3 Å². The summed E-state index contributed by atoms with van der Waals surface area (Å²) in [4.78, 5) is 20.3. The first-order valence-corrected chi connectivity index (χ1v) is 11.3. The lowest BCUT2D eigenvalue weighted by atomic mass is 10.1. The number of aryl methyl sites for hydroxylation is 2. The van der Waals surface area contributed by atoms with Gasteiger partial charge in [-0.3, -0.25) is 9.69 Å². The van der Waals surface area contributed by atoms with E-state index in [0.29, 0.717) is 34.0 Å². The van der Waals surface area contributed by atoms with Crippen molar-refractivity contribution in [3.05, 3.63) is 65.6 Å². The number of halogens is 2. The predicted octanol–water partition coefficient (Wildman–Crippen LogP) is 4.15. The Kier molecular flexibility index (Phi) is 5.95. The summed E-state index contributed by atoms with van der Waals surface area (Å²) in [5.41, 5.74) is 1.91. The normalized spacial score (nSPS) is 15.0. The minimum absolute atomic E-state index is 0.200. The Hall–Kier alpha value is -3.10. The van der Waals surface area contributed by atoms with Gasteiger partial charge in [0.25, 0.3) is 0 Å². The van der Waals surface area contributed by atoms with Crippen molar-refractivity contribution >= 4 is 27.7 Å². The number of unbranched alkanes of at least 4 members (excludes halogenated alkanes) is 1. The lowest BCUT2D eigenvalue weighted by Crippen LogP contribution is -2.36. The Morgan fingerprint density at radius 3 is 2.70 bits per heavy atom. The van der Waals surface area contributed by atoms with Crippen molar-refractivity contribution < 1.29 is 18.3 Å². The van der Waals surface area contributed by atoms with E-state index in [0.717, 1.165) is 45.7 Å². The Morgan fingerprint density at radius 2 is 1.88 bits per heavy atom. The van der Waals surface area contributed by atoms with E-state index in [9.17, 15) is 13.6 Å². The molecule has 0 spiro atoms. The minimum Gasteiger partial charge on any atom is -0.379 e. The molecule has 0 saturated carbocycles. The number of aromatic nitrogens is 3. The van der Waals surface area contributed by atoms with Crippen LogP contribution in [0.1, 0.15) is 29.0 Å². The van der Waals surface area contributed by atoms with E-state index in [1.165, 1.54) is 18.2 Å². The molecular weight excluding hydrogens is 426 g/mol. The zero-order chi connectivity index (χ0) is 22.9. The van der Waals surface area contributed by atoms with Gasteiger partial charge in [-0.1, -0.05) is 12.1 Å². The second-order valence-electron chi connectivity index (χ2n) is 8.49. The molecule has 0 unspecified atom stereocenters. The van der Waals surface area contributed by atoms with E-state index in [-0.39, 0.29) is 23.2 Å². The van der Waals surface area contributed by atoms with Crippen LogP contribution in [0.25, 0.3) is 21.9 Å². The summed E-state index contributed by atoms with van der Waals surface area (Å²) >= 11 is 0. The maximum atomic E-state index is 14.8. The summed E-state index contributed by atoms with van der Waals surface area (Å²) in [6.45, 7) is 5.03. The number of rotatable bonds is 7. The first-order chi connectivity index (χ1) is 16.0. The van der Waals surface area contributed by atoms with Gasteiger partial charge in [-0.2, -0.15) is 0 Å². The van der Waals surface area contributed by atoms with Crippen molar-refractivity contribution in [3.8, 4) is 0 Å². The van der Waals surface area contributed by atoms with Crippen molar-refractivity contribution in [3.63, 3.8) is 0 Å². The first-order valence-electron chi connectivity index (χ1n) is 11.3. The molecule has 6 nitrogen and oxygen atoms in total. The molecule has 172 valence electrons. The highest BCUT2D eigenvalue weighted by molar-refractivity contribution is 6.15. The van der Waals surface area contributed by atoms with E-state index in [2.05, 4.69) is 9.88 Å². The monoisotopic (exact) mass is 452 g/mol. The average molecular weight is 453 g/mol. The molecule has 0 bridgehead atoms. The average Bonchev–Trinajstić information content (AvgIpc) is 3.36. The van der Waals surface area contributed by atoms with Crippen LogP contribution in [-0.4, -0.2) is 57.6 Å².